The molecule has 2 aromatic rings. The number of aromatic nitrogens is 1. The number of piperazine rings is 1. The molecule has 1 saturated heterocycles. The fraction of sp³-hybridized carbons (Fsp3) is 0.412. The number of benzene rings is 1. The van der Waals surface area contributed by atoms with E-state index in [-0.39, 0.29) is 11.4 Å². The molecule has 1 N–H and O–H groups in total. The smallest absolute Gasteiger partial charge is 0.255 e. The monoisotopic (exact) mass is 283 g/mol. The van der Waals surface area contributed by atoms with Gasteiger partial charge in [0.15, 0.2) is 0 Å². The summed E-state index contributed by atoms with van der Waals surface area (Å²) in [7, 11) is 0. The Morgan fingerprint density at radius 2 is 2.10 bits per heavy atom. The van der Waals surface area contributed by atoms with Crippen LogP contribution in [0.25, 0.3) is 10.9 Å². The molecule has 0 bridgehead atoms. The highest BCUT2D eigenvalue weighted by Gasteiger charge is 2.34. The van der Waals surface area contributed by atoms with Crippen LogP contribution in [0.15, 0.2) is 30.3 Å². The van der Waals surface area contributed by atoms with Crippen LogP contribution < -0.4 is 5.32 Å². The molecule has 2 heterocycles. The van der Waals surface area contributed by atoms with Gasteiger partial charge >= 0.3 is 0 Å². The molecule has 4 nitrogen and oxygen atoms in total. The van der Waals surface area contributed by atoms with Crippen LogP contribution >= 0.6 is 0 Å². The van der Waals surface area contributed by atoms with Crippen molar-refractivity contribution in [1.29, 1.82) is 0 Å². The van der Waals surface area contributed by atoms with E-state index in [2.05, 4.69) is 24.1 Å². The van der Waals surface area contributed by atoms with E-state index in [9.17, 15) is 4.79 Å². The summed E-state index contributed by atoms with van der Waals surface area (Å²) in [5.41, 5.74) is 2.35. The van der Waals surface area contributed by atoms with Gasteiger partial charge in [-0.05, 0) is 32.9 Å². The normalized spacial score (nSPS) is 18.0. The summed E-state index contributed by atoms with van der Waals surface area (Å²) in [5.74, 6) is 0.100. The van der Waals surface area contributed by atoms with Crippen LogP contribution in [0.2, 0.25) is 0 Å². The molecule has 21 heavy (non-hydrogen) atoms. The molecule has 1 aliphatic heterocycles. The molecule has 0 spiro atoms. The van der Waals surface area contributed by atoms with E-state index in [1.807, 2.05) is 42.2 Å². The van der Waals surface area contributed by atoms with Gasteiger partial charge in [0, 0.05) is 30.7 Å². The van der Waals surface area contributed by atoms with E-state index in [0.29, 0.717) is 0 Å². The lowest BCUT2D eigenvalue weighted by Gasteiger charge is -2.43. The van der Waals surface area contributed by atoms with Gasteiger partial charge in [0.05, 0.1) is 16.6 Å². The van der Waals surface area contributed by atoms with E-state index in [1.165, 1.54) is 0 Å². The molecule has 110 valence electrons. The fourth-order valence-electron chi connectivity index (χ4n) is 2.99. The average molecular weight is 283 g/mol. The lowest BCUT2D eigenvalue weighted by Crippen LogP contribution is -2.59. The van der Waals surface area contributed by atoms with Crippen molar-refractivity contribution in [2.24, 2.45) is 0 Å². The van der Waals surface area contributed by atoms with Gasteiger partial charge in [-0.1, -0.05) is 18.2 Å². The third kappa shape index (κ3) is 2.51. The average Bonchev–Trinajstić information content (AvgIpc) is 2.45. The van der Waals surface area contributed by atoms with Gasteiger partial charge < -0.3 is 10.2 Å². The molecular weight excluding hydrogens is 262 g/mol. The number of fused-ring (bicyclic) bond motifs is 1. The SMILES string of the molecule is Cc1cc(C(=O)N2CCNCC2(C)C)c2ccccc2n1. The van der Waals surface area contributed by atoms with Gasteiger partial charge in [-0.25, -0.2) is 0 Å². The van der Waals surface area contributed by atoms with Crippen molar-refractivity contribution in [2.75, 3.05) is 19.6 Å². The number of amides is 1. The van der Waals surface area contributed by atoms with Crippen LogP contribution in [0.3, 0.4) is 0 Å². The zero-order valence-corrected chi connectivity index (χ0v) is 12.8. The number of hydrogen-bond acceptors (Lipinski definition) is 3. The highest BCUT2D eigenvalue weighted by molar-refractivity contribution is 6.06. The summed E-state index contributed by atoms with van der Waals surface area (Å²) in [6, 6.07) is 9.76. The Hall–Kier alpha value is -1.94. The summed E-state index contributed by atoms with van der Waals surface area (Å²) in [5, 5.41) is 4.29. The largest absolute Gasteiger partial charge is 0.331 e. The van der Waals surface area contributed by atoms with Crippen LogP contribution in [-0.4, -0.2) is 41.0 Å². The van der Waals surface area contributed by atoms with Crippen molar-refractivity contribution in [2.45, 2.75) is 26.3 Å². The Labute approximate surface area is 125 Å². The van der Waals surface area contributed by atoms with E-state index < -0.39 is 0 Å². The number of hydrogen-bond donors (Lipinski definition) is 1. The van der Waals surface area contributed by atoms with Crippen LogP contribution in [0.4, 0.5) is 0 Å². The fourth-order valence-corrected chi connectivity index (χ4v) is 2.99. The maximum atomic E-state index is 13.1. The van der Waals surface area contributed by atoms with Gasteiger partial charge in [-0.2, -0.15) is 0 Å². The maximum Gasteiger partial charge on any atom is 0.255 e. The summed E-state index contributed by atoms with van der Waals surface area (Å²) in [4.78, 5) is 19.5. The number of rotatable bonds is 1. The van der Waals surface area contributed by atoms with Crippen LogP contribution in [0, 0.1) is 6.92 Å². The Bertz CT molecular complexity index is 693. The second-order valence-electron chi connectivity index (χ2n) is 6.27. The molecule has 0 aliphatic carbocycles. The maximum absolute atomic E-state index is 13.1. The molecule has 1 amide bonds. The molecule has 0 atom stereocenters. The van der Waals surface area contributed by atoms with Crippen LogP contribution in [0.1, 0.15) is 29.9 Å². The van der Waals surface area contributed by atoms with Crippen molar-refractivity contribution in [3.8, 4) is 0 Å². The number of aryl methyl sites for hydroxylation is 1. The Morgan fingerprint density at radius 1 is 1.33 bits per heavy atom. The zero-order chi connectivity index (χ0) is 15.0. The second-order valence-corrected chi connectivity index (χ2v) is 6.27. The van der Waals surface area contributed by atoms with Gasteiger partial charge in [-0.3, -0.25) is 9.78 Å². The van der Waals surface area contributed by atoms with E-state index >= 15 is 0 Å². The second kappa shape index (κ2) is 5.11. The van der Waals surface area contributed by atoms with Crippen molar-refractivity contribution in [1.82, 2.24) is 15.2 Å². The molecule has 1 aromatic carbocycles. The number of pyridine rings is 1. The zero-order valence-electron chi connectivity index (χ0n) is 12.8. The molecular formula is C17H21N3O. The third-order valence-electron chi connectivity index (χ3n) is 4.12. The molecule has 4 heteroatoms. The molecule has 0 radical (unpaired) electrons. The van der Waals surface area contributed by atoms with E-state index in [4.69, 9.17) is 0 Å². The molecule has 1 aliphatic rings. The summed E-state index contributed by atoms with van der Waals surface area (Å²) in [6.45, 7) is 8.55. The quantitative estimate of drug-likeness (QED) is 0.874. The molecule has 0 unspecified atom stereocenters. The Kier molecular flexibility index (Phi) is 3.41. The van der Waals surface area contributed by atoms with Gasteiger partial charge in [0.2, 0.25) is 0 Å². The summed E-state index contributed by atoms with van der Waals surface area (Å²) < 4.78 is 0. The summed E-state index contributed by atoms with van der Waals surface area (Å²) in [6.07, 6.45) is 0. The van der Waals surface area contributed by atoms with Crippen LogP contribution in [-0.2, 0) is 0 Å². The first-order valence-electron chi connectivity index (χ1n) is 7.38. The molecule has 1 fully saturated rings. The van der Waals surface area contributed by atoms with Crippen molar-refractivity contribution in [3.05, 3.63) is 41.6 Å². The van der Waals surface area contributed by atoms with Crippen molar-refractivity contribution >= 4 is 16.8 Å². The third-order valence-corrected chi connectivity index (χ3v) is 4.12. The first-order valence-corrected chi connectivity index (χ1v) is 7.38. The first kappa shape index (κ1) is 14.0. The van der Waals surface area contributed by atoms with Crippen molar-refractivity contribution in [3.63, 3.8) is 0 Å². The number of carbonyl (C=O) groups is 1. The van der Waals surface area contributed by atoms with Crippen molar-refractivity contribution < 1.29 is 4.79 Å². The first-order chi connectivity index (χ1) is 9.99. The molecule has 3 rings (SSSR count). The number of carbonyl (C=O) groups excluding carboxylic acids is 1. The predicted octanol–water partition coefficient (Wildman–Crippen LogP) is 2.37. The van der Waals surface area contributed by atoms with Gasteiger partial charge in [0.25, 0.3) is 5.91 Å². The highest BCUT2D eigenvalue weighted by atomic mass is 16.2. The Morgan fingerprint density at radius 3 is 2.86 bits per heavy atom. The van der Waals surface area contributed by atoms with Gasteiger partial charge in [-0.15, -0.1) is 0 Å². The Balaban J connectivity index is 2.09. The molecule has 1 aromatic heterocycles. The predicted molar refractivity (Wildman–Crippen MR) is 84.5 cm³/mol. The number of nitrogens with zero attached hydrogens (tertiary/aromatic N) is 2. The van der Waals surface area contributed by atoms with E-state index in [1.54, 1.807) is 0 Å². The van der Waals surface area contributed by atoms with Crippen LogP contribution in [0.5, 0.6) is 0 Å². The number of para-hydroxylation sites is 1. The van der Waals surface area contributed by atoms with E-state index in [0.717, 1.165) is 41.8 Å². The van der Waals surface area contributed by atoms with Gasteiger partial charge in [0.1, 0.15) is 0 Å². The standard InChI is InChI=1S/C17H21N3O/c1-12-10-14(13-6-4-5-7-15(13)19-12)16(21)20-9-8-18-11-17(20,2)3/h4-7,10,18H,8-9,11H2,1-3H3. The topological polar surface area (TPSA) is 45.2 Å². The highest BCUT2D eigenvalue weighted by Crippen LogP contribution is 2.24. The molecule has 0 saturated carbocycles. The minimum Gasteiger partial charge on any atom is -0.331 e. The minimum absolute atomic E-state index is 0.100. The lowest BCUT2D eigenvalue weighted by molar-refractivity contribution is 0.0479. The summed E-state index contributed by atoms with van der Waals surface area (Å²) >= 11 is 0. The lowest BCUT2D eigenvalue weighted by atomic mass is 9.97. The minimum atomic E-state index is -0.173. The number of nitrogens with one attached hydrogen (secondary N) is 1.